The highest BCUT2D eigenvalue weighted by atomic mass is 16.5. The molecule has 0 aromatic heterocycles. The highest BCUT2D eigenvalue weighted by Crippen LogP contribution is 2.51. The first-order chi connectivity index (χ1) is 15.8. The second-order valence-electron chi connectivity index (χ2n) is 9.55. The van der Waals surface area contributed by atoms with Crippen molar-refractivity contribution in [2.45, 2.75) is 43.7 Å². The van der Waals surface area contributed by atoms with Gasteiger partial charge in [-0.15, -0.1) is 0 Å². The summed E-state index contributed by atoms with van der Waals surface area (Å²) in [6, 6.07) is 17.4. The average Bonchev–Trinajstić information content (AvgIpc) is 2.82. The topological polar surface area (TPSA) is 59.1 Å². The van der Waals surface area contributed by atoms with E-state index < -0.39 is 0 Å². The Bertz CT molecular complexity index is 995. The number of amides is 1. The molecule has 4 atom stereocenters. The molecule has 6 nitrogen and oxygen atoms in total. The fourth-order valence-electron chi connectivity index (χ4n) is 5.86. The number of piperidine rings is 1. The van der Waals surface area contributed by atoms with E-state index in [1.165, 1.54) is 6.92 Å². The van der Waals surface area contributed by atoms with Gasteiger partial charge in [0.15, 0.2) is 0 Å². The van der Waals surface area contributed by atoms with Crippen molar-refractivity contribution in [2.24, 2.45) is 5.92 Å². The quantitative estimate of drug-likeness (QED) is 0.513. The first-order valence-corrected chi connectivity index (χ1v) is 11.7. The van der Waals surface area contributed by atoms with Gasteiger partial charge >= 0.3 is 5.97 Å². The zero-order chi connectivity index (χ0) is 23.6. The summed E-state index contributed by atoms with van der Waals surface area (Å²) >= 11 is 0. The zero-order valence-corrected chi connectivity index (χ0v) is 20.0. The van der Waals surface area contributed by atoms with Gasteiger partial charge in [0.1, 0.15) is 5.75 Å². The van der Waals surface area contributed by atoms with Gasteiger partial charge in [0.05, 0.1) is 6.10 Å². The van der Waals surface area contributed by atoms with E-state index in [9.17, 15) is 9.59 Å². The molecule has 1 aliphatic heterocycles. The Kier molecular flexibility index (Phi) is 6.86. The number of carbonyl (C=O) groups is 2. The van der Waals surface area contributed by atoms with E-state index in [-0.39, 0.29) is 35.4 Å². The molecule has 0 N–H and O–H groups in total. The molecule has 2 aliphatic rings. The third-order valence-corrected chi connectivity index (χ3v) is 7.57. The second-order valence-corrected chi connectivity index (χ2v) is 9.55. The minimum Gasteiger partial charge on any atom is -0.427 e. The third-order valence-electron chi connectivity index (χ3n) is 7.57. The molecular formula is C27H34N2O4. The molecule has 33 heavy (non-hydrogen) atoms. The number of carbonyl (C=O) groups excluding carboxylic acids is 2. The van der Waals surface area contributed by atoms with Crippen molar-refractivity contribution in [3.63, 3.8) is 0 Å². The van der Waals surface area contributed by atoms with E-state index in [1.54, 1.807) is 7.11 Å². The Hall–Kier alpha value is -2.70. The maximum atomic E-state index is 13.3. The van der Waals surface area contributed by atoms with Gasteiger partial charge in [0.25, 0.3) is 5.91 Å². The molecule has 2 fully saturated rings. The predicted molar refractivity (Wildman–Crippen MR) is 127 cm³/mol. The first-order valence-electron chi connectivity index (χ1n) is 11.7. The van der Waals surface area contributed by atoms with Crippen LogP contribution in [0.25, 0.3) is 0 Å². The highest BCUT2D eigenvalue weighted by Gasteiger charge is 2.53. The Morgan fingerprint density at radius 3 is 2.58 bits per heavy atom. The summed E-state index contributed by atoms with van der Waals surface area (Å²) in [5.41, 5.74) is 1.69. The highest BCUT2D eigenvalue weighted by molar-refractivity contribution is 5.94. The van der Waals surface area contributed by atoms with Gasteiger partial charge in [0, 0.05) is 50.6 Å². The van der Waals surface area contributed by atoms with Crippen LogP contribution in [-0.4, -0.2) is 68.1 Å². The number of ether oxygens (including phenoxy) is 2. The van der Waals surface area contributed by atoms with Crippen LogP contribution in [0, 0.1) is 5.92 Å². The summed E-state index contributed by atoms with van der Waals surface area (Å²) in [4.78, 5) is 29.1. The fourth-order valence-corrected chi connectivity index (χ4v) is 5.86. The summed E-state index contributed by atoms with van der Waals surface area (Å²) in [6.07, 6.45) is 2.64. The van der Waals surface area contributed by atoms with Crippen LogP contribution in [0.3, 0.4) is 0 Å². The molecule has 0 spiro atoms. The summed E-state index contributed by atoms with van der Waals surface area (Å²) in [5, 5.41) is 0. The molecule has 4 rings (SSSR count). The van der Waals surface area contributed by atoms with Crippen LogP contribution in [-0.2, 0) is 14.9 Å². The van der Waals surface area contributed by atoms with Crippen molar-refractivity contribution in [1.82, 2.24) is 9.80 Å². The van der Waals surface area contributed by atoms with E-state index in [0.29, 0.717) is 11.3 Å². The van der Waals surface area contributed by atoms with Crippen molar-refractivity contribution >= 4 is 11.9 Å². The van der Waals surface area contributed by atoms with Crippen LogP contribution in [0.4, 0.5) is 0 Å². The number of likely N-dealkylation sites (tertiary alicyclic amines) is 1. The molecule has 0 radical (unpaired) electrons. The SMILES string of the molecule is COC1C[C@H](N(C)C(=O)c2ccccc2)C[C@]2(c3cccc(OC(C)=O)c3)CCN(C)C[C@@H]12. The number of nitrogens with zero attached hydrogens (tertiary/aromatic N) is 2. The lowest BCUT2D eigenvalue weighted by molar-refractivity contribution is -0.131. The van der Waals surface area contributed by atoms with E-state index in [4.69, 9.17) is 9.47 Å². The van der Waals surface area contributed by atoms with Crippen LogP contribution >= 0.6 is 0 Å². The second kappa shape index (κ2) is 9.65. The van der Waals surface area contributed by atoms with Gasteiger partial charge in [-0.1, -0.05) is 30.3 Å². The number of benzene rings is 2. The molecule has 0 bridgehead atoms. The van der Waals surface area contributed by atoms with E-state index in [2.05, 4.69) is 18.0 Å². The molecule has 1 heterocycles. The number of hydrogen-bond acceptors (Lipinski definition) is 5. The largest absolute Gasteiger partial charge is 0.427 e. The Morgan fingerprint density at radius 2 is 1.88 bits per heavy atom. The normalized spacial score (nSPS) is 27.5. The monoisotopic (exact) mass is 450 g/mol. The number of methoxy groups -OCH3 is 1. The van der Waals surface area contributed by atoms with Crippen molar-refractivity contribution < 1.29 is 19.1 Å². The van der Waals surface area contributed by atoms with Crippen LogP contribution in [0.5, 0.6) is 5.75 Å². The number of rotatable bonds is 5. The molecule has 1 saturated heterocycles. The summed E-state index contributed by atoms with van der Waals surface area (Å²) in [6.45, 7) is 3.32. The van der Waals surface area contributed by atoms with Crippen LogP contribution in [0.15, 0.2) is 54.6 Å². The molecule has 2 aromatic rings. The van der Waals surface area contributed by atoms with E-state index >= 15 is 0 Å². The van der Waals surface area contributed by atoms with Crippen molar-refractivity contribution in [1.29, 1.82) is 0 Å². The van der Waals surface area contributed by atoms with E-state index in [0.717, 1.165) is 37.9 Å². The van der Waals surface area contributed by atoms with Crippen molar-refractivity contribution in [2.75, 3.05) is 34.3 Å². The number of fused-ring (bicyclic) bond motifs is 1. The number of esters is 1. The van der Waals surface area contributed by atoms with Crippen LogP contribution in [0.2, 0.25) is 0 Å². The smallest absolute Gasteiger partial charge is 0.308 e. The van der Waals surface area contributed by atoms with Gasteiger partial charge in [0.2, 0.25) is 0 Å². The molecule has 1 saturated carbocycles. The standard InChI is InChI=1S/C27H34N2O4/c1-19(30)33-23-12-8-11-21(15-23)27-13-14-28(2)18-24(27)25(32-4)16-22(17-27)29(3)26(31)20-9-6-5-7-10-20/h5-12,15,22,24-25H,13-14,16-18H2,1-4H3/t22-,24-,25?,27-/m0/s1. The third kappa shape index (κ3) is 4.68. The van der Waals surface area contributed by atoms with Crippen LogP contribution in [0.1, 0.15) is 42.1 Å². The molecule has 1 unspecified atom stereocenters. The predicted octanol–water partition coefficient (Wildman–Crippen LogP) is 3.75. The lowest BCUT2D eigenvalue weighted by Gasteiger charge is -2.56. The average molecular weight is 451 g/mol. The van der Waals surface area contributed by atoms with Gasteiger partial charge in [-0.05, 0) is 62.7 Å². The molecule has 176 valence electrons. The van der Waals surface area contributed by atoms with Crippen molar-refractivity contribution in [3.8, 4) is 5.75 Å². The maximum absolute atomic E-state index is 13.3. The first kappa shape index (κ1) is 23.5. The fraction of sp³-hybridized carbons (Fsp3) is 0.481. The van der Waals surface area contributed by atoms with Gasteiger partial charge in [-0.3, -0.25) is 9.59 Å². The summed E-state index contributed by atoms with van der Waals surface area (Å²) in [7, 11) is 5.84. The van der Waals surface area contributed by atoms with Crippen molar-refractivity contribution in [3.05, 3.63) is 65.7 Å². The molecule has 2 aromatic carbocycles. The number of hydrogen-bond donors (Lipinski definition) is 0. The molecule has 1 aliphatic carbocycles. The van der Waals surface area contributed by atoms with E-state index in [1.807, 2.05) is 60.5 Å². The minimum absolute atomic E-state index is 0.0231. The zero-order valence-electron chi connectivity index (χ0n) is 20.0. The Morgan fingerprint density at radius 1 is 1.12 bits per heavy atom. The molecular weight excluding hydrogens is 416 g/mol. The Balaban J connectivity index is 1.72. The van der Waals surface area contributed by atoms with Gasteiger partial charge in [-0.25, -0.2) is 0 Å². The lowest BCUT2D eigenvalue weighted by atomic mass is 9.56. The van der Waals surface area contributed by atoms with Gasteiger partial charge in [-0.2, -0.15) is 0 Å². The molecule has 1 amide bonds. The summed E-state index contributed by atoms with van der Waals surface area (Å²) < 4.78 is 11.5. The lowest BCUT2D eigenvalue weighted by Crippen LogP contribution is -2.61. The molecule has 6 heteroatoms. The summed E-state index contributed by atoms with van der Waals surface area (Å²) in [5.74, 6) is 0.557. The van der Waals surface area contributed by atoms with Gasteiger partial charge < -0.3 is 19.3 Å². The minimum atomic E-state index is -0.325. The van der Waals surface area contributed by atoms with Crippen LogP contribution < -0.4 is 4.74 Å². The maximum Gasteiger partial charge on any atom is 0.308 e. The Labute approximate surface area is 196 Å².